The van der Waals surface area contributed by atoms with E-state index in [1.165, 1.54) is 6.26 Å². The average molecular weight is 326 g/mol. The fourth-order valence-electron chi connectivity index (χ4n) is 3.26. The van der Waals surface area contributed by atoms with E-state index in [9.17, 15) is 13.2 Å². The van der Waals surface area contributed by atoms with Crippen LogP contribution in [-0.4, -0.2) is 60.0 Å². The normalized spacial score (nSPS) is 25.6. The van der Waals surface area contributed by atoms with Crippen molar-refractivity contribution in [1.29, 1.82) is 0 Å². The van der Waals surface area contributed by atoms with Gasteiger partial charge in [-0.05, 0) is 25.7 Å². The largest absolute Gasteiger partial charge is 0.348 e. The van der Waals surface area contributed by atoms with Gasteiger partial charge in [0.15, 0.2) is 9.84 Å². The molecule has 0 saturated carbocycles. The standard InChI is InChI=1S/C14H22N4O3S/c1-22(20,21)11-3-2-6-18(8-11)14(19)17-10-4-5-12-13(7-10)16-9-15-12/h9-11H,2-8H2,1H3,(H,15,16)(H,17,19). The van der Waals surface area contributed by atoms with Crippen LogP contribution in [0.25, 0.3) is 0 Å². The number of aromatic nitrogens is 2. The van der Waals surface area contributed by atoms with Crippen LogP contribution in [0.15, 0.2) is 6.33 Å². The second kappa shape index (κ2) is 5.91. The molecule has 0 spiro atoms. The van der Waals surface area contributed by atoms with E-state index in [1.54, 1.807) is 11.2 Å². The van der Waals surface area contributed by atoms with Gasteiger partial charge in [-0.2, -0.15) is 0 Å². The summed E-state index contributed by atoms with van der Waals surface area (Å²) in [6.07, 6.45) is 6.80. The predicted octanol–water partition coefficient (Wildman–Crippen LogP) is 0.486. The quantitative estimate of drug-likeness (QED) is 0.826. The van der Waals surface area contributed by atoms with E-state index in [1.807, 2.05) is 0 Å². The molecule has 22 heavy (non-hydrogen) atoms. The molecule has 2 unspecified atom stereocenters. The molecule has 1 fully saturated rings. The molecule has 0 radical (unpaired) electrons. The zero-order valence-corrected chi connectivity index (χ0v) is 13.5. The number of nitrogens with one attached hydrogen (secondary N) is 2. The van der Waals surface area contributed by atoms with Gasteiger partial charge in [-0.3, -0.25) is 0 Å². The summed E-state index contributed by atoms with van der Waals surface area (Å²) in [6, 6.07) is -0.0691. The van der Waals surface area contributed by atoms with Crippen LogP contribution in [0.3, 0.4) is 0 Å². The number of urea groups is 1. The van der Waals surface area contributed by atoms with Gasteiger partial charge in [0.05, 0.1) is 17.3 Å². The lowest BCUT2D eigenvalue weighted by molar-refractivity contribution is 0.182. The van der Waals surface area contributed by atoms with Crippen LogP contribution in [0.4, 0.5) is 4.79 Å². The Morgan fingerprint density at radius 1 is 1.45 bits per heavy atom. The molecule has 3 rings (SSSR count). The first-order chi connectivity index (χ1) is 10.4. The van der Waals surface area contributed by atoms with Crippen LogP contribution in [0.2, 0.25) is 0 Å². The number of carbonyl (C=O) groups excluding carboxylic acids is 1. The first-order valence-electron chi connectivity index (χ1n) is 7.69. The number of sulfone groups is 1. The fourth-order valence-corrected chi connectivity index (χ4v) is 4.31. The molecule has 1 aromatic rings. The van der Waals surface area contributed by atoms with E-state index < -0.39 is 15.1 Å². The maximum Gasteiger partial charge on any atom is 0.317 e. The van der Waals surface area contributed by atoms with Crippen LogP contribution in [0.1, 0.15) is 30.7 Å². The highest BCUT2D eigenvalue weighted by molar-refractivity contribution is 7.91. The highest BCUT2D eigenvalue weighted by Crippen LogP contribution is 2.19. The monoisotopic (exact) mass is 326 g/mol. The molecular formula is C14H22N4O3S. The van der Waals surface area contributed by atoms with E-state index in [2.05, 4.69) is 15.3 Å². The highest BCUT2D eigenvalue weighted by atomic mass is 32.2. The smallest absolute Gasteiger partial charge is 0.317 e. The minimum atomic E-state index is -3.09. The zero-order chi connectivity index (χ0) is 15.7. The topological polar surface area (TPSA) is 95.2 Å². The number of carbonyl (C=O) groups is 1. The second-order valence-electron chi connectivity index (χ2n) is 6.26. The van der Waals surface area contributed by atoms with Crippen molar-refractivity contribution < 1.29 is 13.2 Å². The fraction of sp³-hybridized carbons (Fsp3) is 0.714. The van der Waals surface area contributed by atoms with Gasteiger partial charge in [-0.25, -0.2) is 18.2 Å². The third kappa shape index (κ3) is 3.26. The zero-order valence-electron chi connectivity index (χ0n) is 12.7. The molecule has 2 amide bonds. The number of imidazole rings is 1. The van der Waals surface area contributed by atoms with E-state index in [4.69, 9.17) is 0 Å². The molecule has 8 heteroatoms. The summed E-state index contributed by atoms with van der Waals surface area (Å²) in [5, 5.41) is 2.60. The predicted molar refractivity (Wildman–Crippen MR) is 82.4 cm³/mol. The summed E-state index contributed by atoms with van der Waals surface area (Å²) in [6.45, 7) is 0.923. The first kappa shape index (κ1) is 15.3. The van der Waals surface area contributed by atoms with Crippen LogP contribution >= 0.6 is 0 Å². The number of piperidine rings is 1. The third-order valence-electron chi connectivity index (χ3n) is 4.59. The number of fused-ring (bicyclic) bond motifs is 1. The van der Waals surface area contributed by atoms with Crippen molar-refractivity contribution in [3.63, 3.8) is 0 Å². The van der Waals surface area contributed by atoms with Crippen molar-refractivity contribution >= 4 is 15.9 Å². The molecule has 2 atom stereocenters. The van der Waals surface area contributed by atoms with Crippen LogP contribution in [0.5, 0.6) is 0 Å². The van der Waals surface area contributed by atoms with Crippen LogP contribution < -0.4 is 5.32 Å². The third-order valence-corrected chi connectivity index (χ3v) is 6.18. The van der Waals surface area contributed by atoms with Crippen molar-refractivity contribution in [1.82, 2.24) is 20.2 Å². The Hall–Kier alpha value is -1.57. The summed E-state index contributed by atoms with van der Waals surface area (Å²) in [4.78, 5) is 21.4. The lowest BCUT2D eigenvalue weighted by Crippen LogP contribution is -2.52. The number of aryl methyl sites for hydroxylation is 1. The Morgan fingerprint density at radius 3 is 3.05 bits per heavy atom. The minimum absolute atomic E-state index is 0.0825. The Bertz CT molecular complexity index is 655. The Morgan fingerprint density at radius 2 is 2.27 bits per heavy atom. The molecule has 7 nitrogen and oxygen atoms in total. The molecule has 0 bridgehead atoms. The van der Waals surface area contributed by atoms with E-state index >= 15 is 0 Å². The van der Waals surface area contributed by atoms with Crippen molar-refractivity contribution in [2.45, 2.75) is 43.4 Å². The second-order valence-corrected chi connectivity index (χ2v) is 8.58. The Balaban J connectivity index is 1.58. The molecule has 2 heterocycles. The number of aromatic amines is 1. The molecular weight excluding hydrogens is 304 g/mol. The lowest BCUT2D eigenvalue weighted by Gasteiger charge is -2.33. The number of hydrogen-bond donors (Lipinski definition) is 2. The van der Waals surface area contributed by atoms with Crippen molar-refractivity contribution in [3.05, 3.63) is 17.7 Å². The van der Waals surface area contributed by atoms with Crippen LogP contribution in [0, 0.1) is 0 Å². The van der Waals surface area contributed by atoms with Gasteiger partial charge in [0.1, 0.15) is 0 Å². The summed E-state index contributed by atoms with van der Waals surface area (Å²) >= 11 is 0. The number of likely N-dealkylation sites (tertiary alicyclic amines) is 1. The first-order valence-corrected chi connectivity index (χ1v) is 9.64. The molecule has 1 saturated heterocycles. The number of H-pyrrole nitrogens is 1. The van der Waals surface area contributed by atoms with Gasteiger partial charge in [-0.15, -0.1) is 0 Å². The molecule has 1 aromatic heterocycles. The van der Waals surface area contributed by atoms with E-state index in [-0.39, 0.29) is 12.1 Å². The van der Waals surface area contributed by atoms with Gasteiger partial charge < -0.3 is 15.2 Å². The molecule has 1 aliphatic carbocycles. The average Bonchev–Trinajstić information content (AvgIpc) is 2.94. The van der Waals surface area contributed by atoms with Gasteiger partial charge in [0.2, 0.25) is 0 Å². The Kier molecular flexibility index (Phi) is 4.12. The molecule has 2 N–H and O–H groups in total. The van der Waals surface area contributed by atoms with Gasteiger partial charge in [0, 0.05) is 37.5 Å². The molecule has 122 valence electrons. The SMILES string of the molecule is CS(=O)(=O)C1CCCN(C(=O)NC2CCc3nc[nH]c3C2)C1. The summed E-state index contributed by atoms with van der Waals surface area (Å²) in [5.74, 6) is 0. The molecule has 2 aliphatic rings. The maximum absolute atomic E-state index is 12.4. The Labute approximate surface area is 130 Å². The molecule has 1 aliphatic heterocycles. The molecule has 0 aromatic carbocycles. The van der Waals surface area contributed by atoms with Gasteiger partial charge in [-0.1, -0.05) is 0 Å². The summed E-state index contributed by atoms with van der Waals surface area (Å²) in [5.41, 5.74) is 2.17. The number of rotatable bonds is 2. The minimum Gasteiger partial charge on any atom is -0.348 e. The number of hydrogen-bond acceptors (Lipinski definition) is 4. The van der Waals surface area contributed by atoms with Gasteiger partial charge in [0.25, 0.3) is 0 Å². The highest BCUT2D eigenvalue weighted by Gasteiger charge is 2.31. The maximum atomic E-state index is 12.4. The van der Waals surface area contributed by atoms with Crippen molar-refractivity contribution in [2.75, 3.05) is 19.3 Å². The summed E-state index contributed by atoms with van der Waals surface area (Å²) in [7, 11) is -3.09. The van der Waals surface area contributed by atoms with Crippen LogP contribution in [-0.2, 0) is 22.7 Å². The lowest BCUT2D eigenvalue weighted by atomic mass is 9.96. The number of nitrogens with zero attached hydrogens (tertiary/aromatic N) is 2. The van der Waals surface area contributed by atoms with Gasteiger partial charge >= 0.3 is 6.03 Å². The summed E-state index contributed by atoms with van der Waals surface area (Å²) < 4.78 is 23.4. The number of amides is 2. The van der Waals surface area contributed by atoms with Crippen molar-refractivity contribution in [2.24, 2.45) is 0 Å². The van der Waals surface area contributed by atoms with E-state index in [0.717, 1.165) is 37.1 Å². The van der Waals surface area contributed by atoms with Crippen molar-refractivity contribution in [3.8, 4) is 0 Å². The van der Waals surface area contributed by atoms with E-state index in [0.29, 0.717) is 19.5 Å².